The molecule has 0 fully saturated rings. The molecule has 3 N–H and O–H groups in total. The molecule has 0 saturated heterocycles. The molecule has 0 bridgehead atoms. The molecule has 2 aromatic carbocycles. The summed E-state index contributed by atoms with van der Waals surface area (Å²) in [4.78, 5) is 13.5. The lowest BCUT2D eigenvalue weighted by molar-refractivity contribution is 0.373. The van der Waals surface area contributed by atoms with E-state index < -0.39 is 0 Å². The molecule has 29 heavy (non-hydrogen) atoms. The van der Waals surface area contributed by atoms with Gasteiger partial charge in [0.05, 0.1) is 19.0 Å². The predicted molar refractivity (Wildman–Crippen MR) is 113 cm³/mol. The van der Waals surface area contributed by atoms with Crippen LogP contribution in [0.15, 0.2) is 60.8 Å². The van der Waals surface area contributed by atoms with Gasteiger partial charge >= 0.3 is 0 Å². The number of aryl methyl sites for hydroxylation is 1. The minimum absolute atomic E-state index is 0.0675. The molecule has 0 amide bonds. The Labute approximate surface area is 167 Å². The smallest absolute Gasteiger partial charge is 0.180 e. The average Bonchev–Trinajstić information content (AvgIpc) is 2.74. The van der Waals surface area contributed by atoms with E-state index in [9.17, 15) is 5.11 Å². The third kappa shape index (κ3) is 3.84. The van der Waals surface area contributed by atoms with Gasteiger partial charge in [-0.25, -0.2) is 15.0 Å². The molecule has 0 spiro atoms. The molecular formula is C22H19N5O2. The first kappa shape index (κ1) is 18.4. The maximum Gasteiger partial charge on any atom is 0.180 e. The third-order valence-corrected chi connectivity index (χ3v) is 4.48. The highest BCUT2D eigenvalue weighted by molar-refractivity contribution is 6.05. The maximum atomic E-state index is 9.79. The van der Waals surface area contributed by atoms with E-state index in [4.69, 9.17) is 10.1 Å². The van der Waals surface area contributed by atoms with Crippen LogP contribution >= 0.6 is 0 Å². The summed E-state index contributed by atoms with van der Waals surface area (Å²) >= 11 is 0. The number of rotatable bonds is 4. The van der Waals surface area contributed by atoms with Crippen molar-refractivity contribution in [2.75, 3.05) is 12.4 Å². The summed E-state index contributed by atoms with van der Waals surface area (Å²) in [5.74, 6) is 1.12. The van der Waals surface area contributed by atoms with Gasteiger partial charge < -0.3 is 15.2 Å². The zero-order valence-corrected chi connectivity index (χ0v) is 16.0. The van der Waals surface area contributed by atoms with Crippen molar-refractivity contribution in [3.63, 3.8) is 0 Å². The van der Waals surface area contributed by atoms with Gasteiger partial charge in [0.15, 0.2) is 23.0 Å². The summed E-state index contributed by atoms with van der Waals surface area (Å²) in [7, 11) is 1.50. The van der Waals surface area contributed by atoms with Crippen LogP contribution in [-0.2, 0) is 0 Å². The molecule has 4 aromatic rings. The number of benzene rings is 2. The number of hydrogen-bond acceptors (Lipinski definition) is 6. The summed E-state index contributed by atoms with van der Waals surface area (Å²) in [6.45, 7) is 2.00. The fourth-order valence-corrected chi connectivity index (χ4v) is 2.88. The number of phenols is 1. The van der Waals surface area contributed by atoms with E-state index in [1.807, 2.05) is 43.3 Å². The van der Waals surface area contributed by atoms with Gasteiger partial charge in [-0.1, -0.05) is 29.8 Å². The second-order valence-corrected chi connectivity index (χ2v) is 6.55. The Morgan fingerprint density at radius 3 is 2.59 bits per heavy atom. The molecule has 0 aliphatic rings. The van der Waals surface area contributed by atoms with Crippen LogP contribution < -0.4 is 10.1 Å². The zero-order valence-electron chi connectivity index (χ0n) is 16.0. The van der Waals surface area contributed by atoms with Gasteiger partial charge in [0.25, 0.3) is 0 Å². The second kappa shape index (κ2) is 7.55. The van der Waals surface area contributed by atoms with Gasteiger partial charge in [-0.3, -0.25) is 5.41 Å². The molecule has 0 aliphatic carbocycles. The van der Waals surface area contributed by atoms with Crippen LogP contribution in [0.3, 0.4) is 0 Å². The van der Waals surface area contributed by atoms with Gasteiger partial charge in [0.2, 0.25) is 0 Å². The van der Waals surface area contributed by atoms with E-state index in [1.54, 1.807) is 24.4 Å². The van der Waals surface area contributed by atoms with Crippen LogP contribution in [-0.4, -0.2) is 33.0 Å². The largest absolute Gasteiger partial charge is 0.504 e. The molecule has 0 saturated carbocycles. The first-order chi connectivity index (χ1) is 14.0. The molecule has 0 radical (unpaired) electrons. The number of nitrogens with one attached hydrogen (secondary N) is 2. The number of pyridine rings is 1. The van der Waals surface area contributed by atoms with Gasteiger partial charge in [0.1, 0.15) is 11.4 Å². The lowest BCUT2D eigenvalue weighted by Gasteiger charge is -2.09. The lowest BCUT2D eigenvalue weighted by Crippen LogP contribution is -2.13. The van der Waals surface area contributed by atoms with Crippen LogP contribution in [0.25, 0.3) is 22.4 Å². The number of anilines is 1. The number of amidine groups is 1. The number of hydrogen-bond donors (Lipinski definition) is 3. The highest BCUT2D eigenvalue weighted by atomic mass is 16.5. The van der Waals surface area contributed by atoms with Crippen molar-refractivity contribution < 1.29 is 9.84 Å². The molecule has 144 valence electrons. The van der Waals surface area contributed by atoms with E-state index in [-0.39, 0.29) is 11.6 Å². The molecule has 7 heteroatoms. The van der Waals surface area contributed by atoms with Gasteiger partial charge in [-0.2, -0.15) is 0 Å². The average molecular weight is 385 g/mol. The van der Waals surface area contributed by atoms with Gasteiger partial charge in [-0.05, 0) is 37.3 Å². The number of methoxy groups -OCH3 is 1. The Bertz CT molecular complexity index is 1210. The van der Waals surface area contributed by atoms with Crippen molar-refractivity contribution in [2.24, 2.45) is 0 Å². The minimum atomic E-state index is 0.0675. The Kier molecular flexibility index (Phi) is 4.78. The van der Waals surface area contributed by atoms with Crippen LogP contribution in [0.2, 0.25) is 0 Å². The number of nitrogens with zero attached hydrogens (tertiary/aromatic N) is 3. The molecular weight excluding hydrogens is 366 g/mol. The van der Waals surface area contributed by atoms with E-state index in [1.165, 1.54) is 7.11 Å². The molecule has 7 nitrogen and oxygen atoms in total. The quantitative estimate of drug-likeness (QED) is 0.360. The van der Waals surface area contributed by atoms with Crippen LogP contribution in [0.5, 0.6) is 11.5 Å². The highest BCUT2D eigenvalue weighted by Crippen LogP contribution is 2.31. The molecule has 0 unspecified atom stereocenters. The Hall–Kier alpha value is -4.00. The van der Waals surface area contributed by atoms with E-state index in [0.29, 0.717) is 28.4 Å². The minimum Gasteiger partial charge on any atom is -0.504 e. The van der Waals surface area contributed by atoms with Gasteiger partial charge in [0, 0.05) is 11.1 Å². The zero-order chi connectivity index (χ0) is 20.4. The summed E-state index contributed by atoms with van der Waals surface area (Å²) in [6.07, 6.45) is 1.58. The highest BCUT2D eigenvalue weighted by Gasteiger charge is 2.09. The molecule has 0 atom stereocenters. The molecule has 2 heterocycles. The van der Waals surface area contributed by atoms with E-state index in [0.717, 1.165) is 16.7 Å². The Balaban J connectivity index is 1.64. The summed E-state index contributed by atoms with van der Waals surface area (Å²) in [5.41, 5.74) is 4.46. The van der Waals surface area contributed by atoms with Crippen molar-refractivity contribution in [1.82, 2.24) is 15.0 Å². The van der Waals surface area contributed by atoms with Crippen molar-refractivity contribution in [3.05, 3.63) is 71.9 Å². The summed E-state index contributed by atoms with van der Waals surface area (Å²) in [5, 5.41) is 21.0. The van der Waals surface area contributed by atoms with Gasteiger partial charge in [-0.15, -0.1) is 0 Å². The predicted octanol–water partition coefficient (Wildman–Crippen LogP) is 4.15. The lowest BCUT2D eigenvalue weighted by atomic mass is 10.1. The standard InChI is InChI=1S/C22H19N5O2/c1-13-3-5-14(6-4-13)21(23)26-20-12-24-17-9-8-16(25-22(17)27-20)15-7-10-18(28)19(11-15)29-2/h3-12,28H,1-2H3,(H2,23,25,26,27). The van der Waals surface area contributed by atoms with Crippen molar-refractivity contribution in [1.29, 1.82) is 5.41 Å². The first-order valence-corrected chi connectivity index (χ1v) is 8.97. The third-order valence-electron chi connectivity index (χ3n) is 4.48. The number of ether oxygens (including phenoxy) is 1. The van der Waals surface area contributed by atoms with Crippen LogP contribution in [0.4, 0.5) is 5.82 Å². The second-order valence-electron chi connectivity index (χ2n) is 6.55. The van der Waals surface area contributed by atoms with E-state index in [2.05, 4.69) is 20.3 Å². The SMILES string of the molecule is COc1cc(-c2ccc3ncc(NC(=N)c4ccc(C)cc4)nc3n2)ccc1O. The van der Waals surface area contributed by atoms with Crippen LogP contribution in [0, 0.1) is 12.3 Å². The van der Waals surface area contributed by atoms with Crippen LogP contribution in [0.1, 0.15) is 11.1 Å². The summed E-state index contributed by atoms with van der Waals surface area (Å²) in [6, 6.07) is 16.4. The number of fused-ring (bicyclic) bond motifs is 1. The fraction of sp³-hybridized carbons (Fsp3) is 0.0909. The van der Waals surface area contributed by atoms with Crippen molar-refractivity contribution in [2.45, 2.75) is 6.92 Å². The fourth-order valence-electron chi connectivity index (χ4n) is 2.88. The monoisotopic (exact) mass is 385 g/mol. The van der Waals surface area contributed by atoms with Crippen molar-refractivity contribution >= 4 is 22.8 Å². The van der Waals surface area contributed by atoms with Crippen molar-refractivity contribution in [3.8, 4) is 22.8 Å². The normalized spacial score (nSPS) is 10.7. The number of aromatic hydroxyl groups is 1. The molecule has 4 rings (SSSR count). The molecule has 0 aliphatic heterocycles. The maximum absolute atomic E-state index is 9.79. The first-order valence-electron chi connectivity index (χ1n) is 8.97. The molecule has 2 aromatic heterocycles. The Morgan fingerprint density at radius 2 is 1.83 bits per heavy atom. The number of phenolic OH excluding ortho intramolecular Hbond substituents is 1. The number of aromatic nitrogens is 3. The van der Waals surface area contributed by atoms with E-state index >= 15 is 0 Å². The summed E-state index contributed by atoms with van der Waals surface area (Å²) < 4.78 is 5.17. The Morgan fingerprint density at radius 1 is 1.03 bits per heavy atom. The topological polar surface area (TPSA) is 104 Å².